The molecule has 1 atom stereocenters. The van der Waals surface area contributed by atoms with Gasteiger partial charge in [0, 0.05) is 10.9 Å². The average molecular weight is 372 g/mol. The molecule has 2 rings (SSSR count). The Bertz CT molecular complexity index is 504. The Morgan fingerprint density at radius 2 is 2.05 bits per heavy atom. The molecule has 22 heavy (non-hydrogen) atoms. The van der Waals surface area contributed by atoms with Crippen LogP contribution in [0.25, 0.3) is 0 Å². The summed E-state index contributed by atoms with van der Waals surface area (Å²) in [7, 11) is 0. The second kappa shape index (κ2) is 7.08. The van der Waals surface area contributed by atoms with E-state index in [1.165, 1.54) is 0 Å². The lowest BCUT2D eigenvalue weighted by Crippen LogP contribution is -2.47. The first-order chi connectivity index (χ1) is 10.3. The van der Waals surface area contributed by atoms with Crippen molar-refractivity contribution in [3.05, 3.63) is 34.3 Å². The third-order valence-corrected chi connectivity index (χ3v) is 3.85. The molecular formula is C16H22BrNO4. The molecule has 0 spiro atoms. The van der Waals surface area contributed by atoms with E-state index in [2.05, 4.69) is 21.4 Å². The van der Waals surface area contributed by atoms with Gasteiger partial charge in [-0.1, -0.05) is 28.1 Å². The van der Waals surface area contributed by atoms with Crippen molar-refractivity contribution in [2.45, 2.75) is 38.4 Å². The number of hydrogen-bond acceptors (Lipinski definition) is 5. The maximum absolute atomic E-state index is 11.9. The summed E-state index contributed by atoms with van der Waals surface area (Å²) < 4.78 is 12.3. The number of benzene rings is 1. The van der Waals surface area contributed by atoms with Crippen LogP contribution in [-0.4, -0.2) is 31.3 Å². The van der Waals surface area contributed by atoms with Gasteiger partial charge >= 0.3 is 5.97 Å². The highest BCUT2D eigenvalue weighted by Gasteiger charge is 2.36. The van der Waals surface area contributed by atoms with Crippen LogP contribution in [0.3, 0.4) is 0 Å². The largest absolute Gasteiger partial charge is 0.458 e. The number of hydroxylamine groups is 1. The van der Waals surface area contributed by atoms with Gasteiger partial charge in [0.1, 0.15) is 17.8 Å². The molecule has 5 nitrogen and oxygen atoms in total. The summed E-state index contributed by atoms with van der Waals surface area (Å²) in [4.78, 5) is 17.1. The summed E-state index contributed by atoms with van der Waals surface area (Å²) in [6.07, 6.45) is 0.671. The molecule has 122 valence electrons. The van der Waals surface area contributed by atoms with Crippen LogP contribution < -0.4 is 5.48 Å². The van der Waals surface area contributed by atoms with Crippen LogP contribution in [0.4, 0.5) is 0 Å². The highest BCUT2D eigenvalue weighted by atomic mass is 79.9. The minimum absolute atomic E-state index is 0.0883. The second-order valence-corrected chi connectivity index (χ2v) is 7.21. The number of carbonyl (C=O) groups is 1. The zero-order valence-corrected chi connectivity index (χ0v) is 14.7. The lowest BCUT2D eigenvalue weighted by Gasteiger charge is -2.37. The SMILES string of the molecule is CC(C)(C)OC(=O)COC1(c2ccc(Br)cc2)CCONC1. The molecule has 1 aliphatic heterocycles. The normalized spacial score (nSPS) is 22.4. The van der Waals surface area contributed by atoms with Gasteiger partial charge in [-0.05, 0) is 38.5 Å². The molecule has 0 bridgehead atoms. The van der Waals surface area contributed by atoms with Crippen molar-refractivity contribution in [1.82, 2.24) is 5.48 Å². The summed E-state index contributed by atoms with van der Waals surface area (Å²) >= 11 is 3.43. The quantitative estimate of drug-likeness (QED) is 0.824. The molecule has 1 saturated heterocycles. The summed E-state index contributed by atoms with van der Waals surface area (Å²) in [5.41, 5.74) is 2.78. The van der Waals surface area contributed by atoms with Gasteiger partial charge in [-0.2, -0.15) is 5.48 Å². The molecule has 1 unspecified atom stereocenters. The summed E-state index contributed by atoms with van der Waals surface area (Å²) in [5, 5.41) is 0. The van der Waals surface area contributed by atoms with Crippen molar-refractivity contribution in [3.8, 4) is 0 Å². The Labute approximate surface area is 139 Å². The number of rotatable bonds is 4. The molecule has 0 aromatic heterocycles. The molecule has 1 heterocycles. The molecule has 0 radical (unpaired) electrons. The minimum atomic E-state index is -0.587. The minimum Gasteiger partial charge on any atom is -0.458 e. The monoisotopic (exact) mass is 371 g/mol. The standard InChI is InChI=1S/C16H22BrNO4/c1-15(2,3)22-14(19)10-20-16(8-9-21-18-11-16)12-4-6-13(17)7-5-12/h4-7,18H,8-11H2,1-3H3. The maximum atomic E-state index is 11.9. The van der Waals surface area contributed by atoms with Crippen LogP contribution in [0, 0.1) is 0 Å². The zero-order valence-electron chi connectivity index (χ0n) is 13.1. The van der Waals surface area contributed by atoms with E-state index < -0.39 is 11.2 Å². The van der Waals surface area contributed by atoms with Crippen LogP contribution in [0.15, 0.2) is 28.7 Å². The molecule has 0 aliphatic carbocycles. The Kier molecular flexibility index (Phi) is 5.60. The molecule has 1 aliphatic rings. The van der Waals surface area contributed by atoms with Gasteiger partial charge in [0.25, 0.3) is 0 Å². The zero-order chi connectivity index (χ0) is 16.2. The van der Waals surface area contributed by atoms with Gasteiger partial charge < -0.3 is 14.3 Å². The number of carbonyl (C=O) groups excluding carboxylic acids is 1. The fraction of sp³-hybridized carbons (Fsp3) is 0.562. The lowest BCUT2D eigenvalue weighted by atomic mass is 9.90. The predicted octanol–water partition coefficient (Wildman–Crippen LogP) is 2.93. The van der Waals surface area contributed by atoms with Crippen molar-refractivity contribution < 1.29 is 19.1 Å². The summed E-state index contributed by atoms with van der Waals surface area (Å²) in [6, 6.07) is 7.91. The van der Waals surface area contributed by atoms with E-state index in [1.807, 2.05) is 45.0 Å². The Balaban J connectivity index is 2.09. The molecule has 6 heteroatoms. The molecule has 1 aromatic rings. The first kappa shape index (κ1) is 17.4. The number of esters is 1. The van der Waals surface area contributed by atoms with E-state index in [1.54, 1.807) is 0 Å². The first-order valence-corrected chi connectivity index (χ1v) is 8.07. The van der Waals surface area contributed by atoms with Gasteiger partial charge in [-0.25, -0.2) is 4.79 Å². The second-order valence-electron chi connectivity index (χ2n) is 6.30. The smallest absolute Gasteiger partial charge is 0.332 e. The maximum Gasteiger partial charge on any atom is 0.332 e. The first-order valence-electron chi connectivity index (χ1n) is 7.27. The van der Waals surface area contributed by atoms with Crippen molar-refractivity contribution in [1.29, 1.82) is 0 Å². The average Bonchev–Trinajstić information content (AvgIpc) is 2.45. The van der Waals surface area contributed by atoms with Crippen molar-refractivity contribution in [2.75, 3.05) is 19.8 Å². The predicted molar refractivity (Wildman–Crippen MR) is 86.2 cm³/mol. The van der Waals surface area contributed by atoms with E-state index in [4.69, 9.17) is 14.3 Å². The van der Waals surface area contributed by atoms with E-state index in [0.717, 1.165) is 10.0 Å². The molecule has 1 aromatic carbocycles. The van der Waals surface area contributed by atoms with E-state index in [9.17, 15) is 4.79 Å². The topological polar surface area (TPSA) is 56.8 Å². The van der Waals surface area contributed by atoms with E-state index >= 15 is 0 Å². The fourth-order valence-electron chi connectivity index (χ4n) is 2.32. The molecular weight excluding hydrogens is 350 g/mol. The van der Waals surface area contributed by atoms with Gasteiger partial charge in [-0.15, -0.1) is 0 Å². The Morgan fingerprint density at radius 1 is 1.36 bits per heavy atom. The number of nitrogens with one attached hydrogen (secondary N) is 1. The highest BCUT2D eigenvalue weighted by Crippen LogP contribution is 2.32. The molecule has 0 saturated carbocycles. The number of halogens is 1. The Hall–Kier alpha value is -0.950. The van der Waals surface area contributed by atoms with Crippen molar-refractivity contribution in [2.24, 2.45) is 0 Å². The third-order valence-electron chi connectivity index (χ3n) is 3.32. The van der Waals surface area contributed by atoms with Gasteiger partial charge in [-0.3, -0.25) is 0 Å². The number of hydrogen-bond donors (Lipinski definition) is 1. The lowest BCUT2D eigenvalue weighted by molar-refractivity contribution is -0.178. The Morgan fingerprint density at radius 3 is 2.59 bits per heavy atom. The molecule has 1 N–H and O–H groups in total. The van der Waals surface area contributed by atoms with Gasteiger partial charge in [0.05, 0.1) is 13.2 Å². The summed E-state index contributed by atoms with van der Waals surface area (Å²) in [5.74, 6) is -0.365. The van der Waals surface area contributed by atoms with Gasteiger partial charge in [0.2, 0.25) is 0 Å². The van der Waals surface area contributed by atoms with Crippen molar-refractivity contribution >= 4 is 21.9 Å². The van der Waals surface area contributed by atoms with E-state index in [-0.39, 0.29) is 12.6 Å². The van der Waals surface area contributed by atoms with Crippen LogP contribution in [0.5, 0.6) is 0 Å². The fourth-order valence-corrected chi connectivity index (χ4v) is 2.58. The van der Waals surface area contributed by atoms with Crippen LogP contribution in [0.1, 0.15) is 32.8 Å². The highest BCUT2D eigenvalue weighted by molar-refractivity contribution is 9.10. The molecule has 1 fully saturated rings. The van der Waals surface area contributed by atoms with Crippen LogP contribution in [0.2, 0.25) is 0 Å². The van der Waals surface area contributed by atoms with Crippen LogP contribution >= 0.6 is 15.9 Å². The van der Waals surface area contributed by atoms with Crippen LogP contribution in [-0.2, 0) is 24.7 Å². The van der Waals surface area contributed by atoms with E-state index in [0.29, 0.717) is 19.6 Å². The number of ether oxygens (including phenoxy) is 2. The van der Waals surface area contributed by atoms with Crippen molar-refractivity contribution in [3.63, 3.8) is 0 Å². The third kappa shape index (κ3) is 4.78. The van der Waals surface area contributed by atoms with Gasteiger partial charge in [0.15, 0.2) is 0 Å². The summed E-state index contributed by atoms with van der Waals surface area (Å²) in [6.45, 7) is 6.43. The molecule has 0 amide bonds.